The maximum absolute atomic E-state index is 13.0. The highest BCUT2D eigenvalue weighted by Crippen LogP contribution is 2.23. The van der Waals surface area contributed by atoms with Crippen molar-refractivity contribution in [1.82, 2.24) is 0 Å². The standard InChI is InChI=1S/C10H7F5O/c1-4(16)2-3-5-6(11)8(13)10(15)9(14)7(5)12/h2-3H2,1H3. The maximum Gasteiger partial charge on any atom is 0.200 e. The smallest absolute Gasteiger partial charge is 0.200 e. The van der Waals surface area contributed by atoms with E-state index in [9.17, 15) is 26.7 Å². The molecule has 0 aliphatic heterocycles. The van der Waals surface area contributed by atoms with Crippen LogP contribution >= 0.6 is 0 Å². The first-order valence-corrected chi connectivity index (χ1v) is 4.36. The van der Waals surface area contributed by atoms with Gasteiger partial charge in [0.05, 0.1) is 0 Å². The van der Waals surface area contributed by atoms with Crippen molar-refractivity contribution < 1.29 is 26.7 Å². The Morgan fingerprint density at radius 2 is 1.25 bits per heavy atom. The number of halogens is 5. The van der Waals surface area contributed by atoms with Gasteiger partial charge in [0.2, 0.25) is 5.82 Å². The molecule has 0 aliphatic rings. The highest BCUT2D eigenvalue weighted by atomic mass is 19.2. The van der Waals surface area contributed by atoms with Gasteiger partial charge in [0, 0.05) is 12.0 Å². The largest absolute Gasteiger partial charge is 0.300 e. The maximum atomic E-state index is 13.0. The monoisotopic (exact) mass is 238 g/mol. The van der Waals surface area contributed by atoms with E-state index in [2.05, 4.69) is 0 Å². The fourth-order valence-corrected chi connectivity index (χ4v) is 1.17. The van der Waals surface area contributed by atoms with Gasteiger partial charge < -0.3 is 4.79 Å². The quantitative estimate of drug-likeness (QED) is 0.449. The Balaban J connectivity index is 3.23. The summed E-state index contributed by atoms with van der Waals surface area (Å²) in [6.45, 7) is 1.16. The molecule has 0 spiro atoms. The molecule has 0 radical (unpaired) electrons. The van der Waals surface area contributed by atoms with Gasteiger partial charge in [-0.25, -0.2) is 22.0 Å². The van der Waals surface area contributed by atoms with Gasteiger partial charge in [-0.1, -0.05) is 0 Å². The van der Waals surface area contributed by atoms with Gasteiger partial charge in [-0.3, -0.25) is 0 Å². The van der Waals surface area contributed by atoms with Gasteiger partial charge in [0.15, 0.2) is 23.3 Å². The van der Waals surface area contributed by atoms with Crippen LogP contribution in [0.2, 0.25) is 0 Å². The van der Waals surface area contributed by atoms with E-state index >= 15 is 0 Å². The van der Waals surface area contributed by atoms with E-state index in [4.69, 9.17) is 0 Å². The average Bonchev–Trinajstić information content (AvgIpc) is 2.23. The lowest BCUT2D eigenvalue weighted by Crippen LogP contribution is -2.08. The number of rotatable bonds is 3. The van der Waals surface area contributed by atoms with Crippen LogP contribution in [-0.2, 0) is 11.2 Å². The summed E-state index contributed by atoms with van der Waals surface area (Å²) < 4.78 is 64.0. The third-order valence-electron chi connectivity index (χ3n) is 2.03. The van der Waals surface area contributed by atoms with Gasteiger partial charge in [0.25, 0.3) is 0 Å². The van der Waals surface area contributed by atoms with E-state index in [-0.39, 0.29) is 6.42 Å². The predicted octanol–water partition coefficient (Wildman–Crippen LogP) is 2.90. The summed E-state index contributed by atoms with van der Waals surface area (Å²) in [5.74, 6) is -10.3. The fraction of sp³-hybridized carbons (Fsp3) is 0.300. The third kappa shape index (κ3) is 2.20. The molecule has 0 heterocycles. The summed E-state index contributed by atoms with van der Waals surface area (Å²) in [4.78, 5) is 10.6. The van der Waals surface area contributed by atoms with Gasteiger partial charge in [-0.05, 0) is 13.3 Å². The number of hydrogen-bond donors (Lipinski definition) is 0. The van der Waals surface area contributed by atoms with Gasteiger partial charge in [-0.15, -0.1) is 0 Å². The van der Waals surface area contributed by atoms with Crippen molar-refractivity contribution in [3.63, 3.8) is 0 Å². The Morgan fingerprint density at radius 3 is 1.62 bits per heavy atom. The second-order valence-corrected chi connectivity index (χ2v) is 3.25. The second-order valence-electron chi connectivity index (χ2n) is 3.25. The van der Waals surface area contributed by atoms with E-state index in [1.807, 2.05) is 0 Å². The Kier molecular flexibility index (Phi) is 3.62. The molecular formula is C10H7F5O. The summed E-state index contributed by atoms with van der Waals surface area (Å²) in [6.07, 6.45) is -0.792. The van der Waals surface area contributed by atoms with Crippen LogP contribution < -0.4 is 0 Å². The molecule has 88 valence electrons. The van der Waals surface area contributed by atoms with Crippen LogP contribution in [0.4, 0.5) is 22.0 Å². The molecule has 0 unspecified atom stereocenters. The summed E-state index contributed by atoms with van der Waals surface area (Å²) >= 11 is 0. The second kappa shape index (κ2) is 4.59. The van der Waals surface area contributed by atoms with E-state index in [1.54, 1.807) is 0 Å². The van der Waals surface area contributed by atoms with Crippen LogP contribution in [0.1, 0.15) is 18.9 Å². The number of carbonyl (C=O) groups excluding carboxylic acids is 1. The van der Waals surface area contributed by atoms with Crippen LogP contribution in [-0.4, -0.2) is 5.78 Å². The molecular weight excluding hydrogens is 231 g/mol. The summed E-state index contributed by atoms with van der Waals surface area (Å²) in [5.41, 5.74) is -0.952. The fourth-order valence-electron chi connectivity index (χ4n) is 1.17. The minimum atomic E-state index is -2.19. The SMILES string of the molecule is CC(=O)CCc1c(F)c(F)c(F)c(F)c1F. The number of hydrogen-bond acceptors (Lipinski definition) is 1. The third-order valence-corrected chi connectivity index (χ3v) is 2.03. The lowest BCUT2D eigenvalue weighted by molar-refractivity contribution is -0.116. The topological polar surface area (TPSA) is 17.1 Å². The van der Waals surface area contributed by atoms with E-state index in [0.717, 1.165) is 6.92 Å². The Morgan fingerprint density at radius 1 is 0.875 bits per heavy atom. The first-order valence-electron chi connectivity index (χ1n) is 4.36. The van der Waals surface area contributed by atoms with E-state index < -0.39 is 46.9 Å². The normalized spacial score (nSPS) is 10.6. The molecule has 16 heavy (non-hydrogen) atoms. The predicted molar refractivity (Wildman–Crippen MR) is 45.2 cm³/mol. The van der Waals surface area contributed by atoms with Crippen molar-refractivity contribution in [1.29, 1.82) is 0 Å². The van der Waals surface area contributed by atoms with Gasteiger partial charge >= 0.3 is 0 Å². The van der Waals surface area contributed by atoms with Gasteiger partial charge in [0.1, 0.15) is 5.78 Å². The van der Waals surface area contributed by atoms with Crippen LogP contribution in [0, 0.1) is 29.1 Å². The van der Waals surface area contributed by atoms with Crippen LogP contribution in [0.15, 0.2) is 0 Å². The molecule has 0 saturated heterocycles. The molecule has 1 nitrogen and oxygen atoms in total. The van der Waals surface area contributed by atoms with Crippen molar-refractivity contribution >= 4 is 5.78 Å². The van der Waals surface area contributed by atoms with Crippen molar-refractivity contribution in [3.05, 3.63) is 34.6 Å². The zero-order valence-corrected chi connectivity index (χ0v) is 8.21. The highest BCUT2D eigenvalue weighted by Gasteiger charge is 2.25. The summed E-state index contributed by atoms with van der Waals surface area (Å²) in [6, 6.07) is 0. The molecule has 1 aromatic rings. The molecule has 0 aliphatic carbocycles. The Labute approximate surface area is 87.9 Å². The molecule has 0 saturated carbocycles. The zero-order valence-electron chi connectivity index (χ0n) is 8.21. The lowest BCUT2D eigenvalue weighted by atomic mass is 10.1. The minimum Gasteiger partial charge on any atom is -0.300 e. The number of benzene rings is 1. The number of carbonyl (C=O) groups is 1. The van der Waals surface area contributed by atoms with Gasteiger partial charge in [-0.2, -0.15) is 0 Å². The molecule has 0 fully saturated rings. The molecule has 1 rings (SSSR count). The average molecular weight is 238 g/mol. The molecule has 0 atom stereocenters. The van der Waals surface area contributed by atoms with Crippen molar-refractivity contribution in [2.45, 2.75) is 19.8 Å². The zero-order chi connectivity index (χ0) is 12.5. The Hall–Kier alpha value is -1.46. The number of ketones is 1. The van der Waals surface area contributed by atoms with Crippen LogP contribution in [0.5, 0.6) is 0 Å². The lowest BCUT2D eigenvalue weighted by Gasteiger charge is -2.06. The van der Waals surface area contributed by atoms with Crippen molar-refractivity contribution in [2.75, 3.05) is 0 Å². The molecule has 0 bridgehead atoms. The summed E-state index contributed by atoms with van der Waals surface area (Å²) in [7, 11) is 0. The minimum absolute atomic E-state index is 0.279. The van der Waals surface area contributed by atoms with E-state index in [0.29, 0.717) is 0 Å². The summed E-state index contributed by atoms with van der Waals surface area (Å²) in [5, 5.41) is 0. The number of Topliss-reactive ketones (excluding diaryl/α,β-unsaturated/α-hetero) is 1. The first kappa shape index (κ1) is 12.6. The van der Waals surface area contributed by atoms with Crippen molar-refractivity contribution in [3.8, 4) is 0 Å². The molecule has 0 amide bonds. The highest BCUT2D eigenvalue weighted by molar-refractivity contribution is 5.75. The molecule has 6 heteroatoms. The molecule has 0 N–H and O–H groups in total. The van der Waals surface area contributed by atoms with E-state index in [1.165, 1.54) is 0 Å². The van der Waals surface area contributed by atoms with Crippen LogP contribution in [0.25, 0.3) is 0 Å². The molecule has 1 aromatic carbocycles. The first-order chi connectivity index (χ1) is 7.36. The van der Waals surface area contributed by atoms with Crippen molar-refractivity contribution in [2.24, 2.45) is 0 Å². The molecule has 0 aromatic heterocycles. The van der Waals surface area contributed by atoms with Crippen LogP contribution in [0.3, 0.4) is 0 Å². The Bertz CT molecular complexity index is 412.